The second-order valence-electron chi connectivity index (χ2n) is 6.87. The number of hydroxylamine groups is 1. The zero-order valence-corrected chi connectivity index (χ0v) is 16.0. The molecule has 0 heterocycles. The third-order valence-corrected chi connectivity index (χ3v) is 4.62. The Morgan fingerprint density at radius 1 is 0.931 bits per heavy atom. The number of aliphatic hydroxyl groups is 1. The lowest BCUT2D eigenvalue weighted by molar-refractivity contribution is -0.146. The highest BCUT2D eigenvalue weighted by atomic mass is 16.5. The predicted octanol–water partition coefficient (Wildman–Crippen LogP) is 0.233. The molecular formula is C21H25N3O5. The molecule has 0 bridgehead atoms. The van der Waals surface area contributed by atoms with Gasteiger partial charge in [-0.3, -0.25) is 19.6 Å². The molecule has 6 N–H and O–H groups in total. The smallest absolute Gasteiger partial charge is 0.272 e. The summed E-state index contributed by atoms with van der Waals surface area (Å²) in [6.45, 7) is 1.91. The summed E-state index contributed by atoms with van der Waals surface area (Å²) in [7, 11) is 0. The predicted molar refractivity (Wildman–Crippen MR) is 106 cm³/mol. The highest BCUT2D eigenvalue weighted by Gasteiger charge is 2.34. The van der Waals surface area contributed by atoms with Crippen LogP contribution in [0.3, 0.4) is 0 Å². The number of hydrogen-bond acceptors (Lipinski definition) is 5. The molecule has 2 aromatic carbocycles. The Balaban J connectivity index is 2.20. The molecule has 0 aliphatic rings. The summed E-state index contributed by atoms with van der Waals surface area (Å²) >= 11 is 0. The van der Waals surface area contributed by atoms with Gasteiger partial charge in [0.25, 0.3) is 5.91 Å². The number of rotatable bonds is 9. The highest BCUT2D eigenvalue weighted by molar-refractivity contribution is 5.92. The summed E-state index contributed by atoms with van der Waals surface area (Å²) in [5.41, 5.74) is 9.29. The van der Waals surface area contributed by atoms with Gasteiger partial charge >= 0.3 is 0 Å². The summed E-state index contributed by atoms with van der Waals surface area (Å²) in [4.78, 5) is 36.4. The molecule has 0 spiro atoms. The van der Waals surface area contributed by atoms with Gasteiger partial charge in [-0.05, 0) is 24.5 Å². The number of aliphatic hydroxyl groups excluding tert-OH is 1. The second kappa shape index (κ2) is 10.4. The third kappa shape index (κ3) is 6.41. The van der Waals surface area contributed by atoms with Gasteiger partial charge in [-0.15, -0.1) is 0 Å². The van der Waals surface area contributed by atoms with Gasteiger partial charge < -0.3 is 16.2 Å². The lowest BCUT2D eigenvalue weighted by Gasteiger charge is -2.24. The topological polar surface area (TPSA) is 142 Å². The number of aryl methyl sites for hydroxylation is 1. The average Bonchev–Trinajstić information content (AvgIpc) is 2.72. The first-order valence-electron chi connectivity index (χ1n) is 9.13. The Morgan fingerprint density at radius 3 is 2.07 bits per heavy atom. The van der Waals surface area contributed by atoms with Gasteiger partial charge in [0.15, 0.2) is 0 Å². The van der Waals surface area contributed by atoms with E-state index in [0.717, 1.165) is 11.1 Å². The van der Waals surface area contributed by atoms with Crippen molar-refractivity contribution in [2.75, 3.05) is 0 Å². The largest absolute Gasteiger partial charge is 0.382 e. The number of hydrogen-bond donors (Lipinski definition) is 5. The van der Waals surface area contributed by atoms with Crippen molar-refractivity contribution in [2.45, 2.75) is 31.9 Å². The van der Waals surface area contributed by atoms with Crippen molar-refractivity contribution in [3.63, 3.8) is 0 Å². The van der Waals surface area contributed by atoms with Gasteiger partial charge in [-0.1, -0.05) is 60.2 Å². The number of nitrogens with two attached hydrogens (primary N) is 1. The van der Waals surface area contributed by atoms with Crippen molar-refractivity contribution in [3.8, 4) is 0 Å². The summed E-state index contributed by atoms with van der Waals surface area (Å²) in [6, 6.07) is 15.2. The number of amides is 3. The van der Waals surface area contributed by atoms with Crippen LogP contribution < -0.4 is 16.5 Å². The van der Waals surface area contributed by atoms with E-state index in [1.54, 1.807) is 36.4 Å². The summed E-state index contributed by atoms with van der Waals surface area (Å²) < 4.78 is 0. The third-order valence-electron chi connectivity index (χ3n) is 4.62. The van der Waals surface area contributed by atoms with E-state index in [2.05, 4.69) is 5.32 Å². The molecular weight excluding hydrogens is 374 g/mol. The molecule has 2 aromatic rings. The maximum Gasteiger partial charge on any atom is 0.272 e. The van der Waals surface area contributed by atoms with Gasteiger partial charge in [-0.25, -0.2) is 5.48 Å². The minimum Gasteiger partial charge on any atom is -0.382 e. The Kier molecular flexibility index (Phi) is 7.88. The minimum atomic E-state index is -1.81. The Morgan fingerprint density at radius 2 is 1.52 bits per heavy atom. The van der Waals surface area contributed by atoms with Crippen LogP contribution in [-0.4, -0.2) is 40.2 Å². The molecule has 0 aliphatic heterocycles. The van der Waals surface area contributed by atoms with Crippen LogP contribution in [0.4, 0.5) is 0 Å². The summed E-state index contributed by atoms with van der Waals surface area (Å²) in [5.74, 6) is -3.81. The van der Waals surface area contributed by atoms with Crippen molar-refractivity contribution in [1.82, 2.24) is 10.8 Å². The van der Waals surface area contributed by atoms with E-state index in [-0.39, 0.29) is 12.8 Å². The molecule has 29 heavy (non-hydrogen) atoms. The second-order valence-corrected chi connectivity index (χ2v) is 6.87. The molecule has 3 atom stereocenters. The van der Waals surface area contributed by atoms with Crippen LogP contribution in [0.15, 0.2) is 54.6 Å². The SMILES string of the molecule is Cc1ccc(CC(C(=O)NC(Cc2ccccc2)C(N)=O)C(O)C(=O)NO)cc1. The first kappa shape index (κ1) is 22.1. The highest BCUT2D eigenvalue weighted by Crippen LogP contribution is 2.16. The summed E-state index contributed by atoms with van der Waals surface area (Å²) in [5, 5.41) is 21.6. The molecule has 3 amide bonds. The molecule has 0 fully saturated rings. The zero-order valence-electron chi connectivity index (χ0n) is 16.0. The van der Waals surface area contributed by atoms with Crippen molar-refractivity contribution >= 4 is 17.7 Å². The molecule has 0 saturated carbocycles. The number of carbonyl (C=O) groups is 3. The Bertz CT molecular complexity index is 839. The lowest BCUT2D eigenvalue weighted by atomic mass is 9.91. The molecule has 0 aromatic heterocycles. The molecule has 8 heteroatoms. The van der Waals surface area contributed by atoms with Gasteiger partial charge in [0.05, 0.1) is 5.92 Å². The van der Waals surface area contributed by atoms with Crippen LogP contribution in [0.2, 0.25) is 0 Å². The maximum atomic E-state index is 12.8. The monoisotopic (exact) mass is 399 g/mol. The number of nitrogens with one attached hydrogen (secondary N) is 2. The fourth-order valence-corrected chi connectivity index (χ4v) is 2.93. The number of benzene rings is 2. The molecule has 0 aliphatic carbocycles. The Hall–Kier alpha value is -3.23. The van der Waals surface area contributed by atoms with E-state index in [1.165, 1.54) is 5.48 Å². The van der Waals surface area contributed by atoms with Crippen LogP contribution in [0.5, 0.6) is 0 Å². The normalized spacial score (nSPS) is 13.8. The van der Waals surface area contributed by atoms with Crippen molar-refractivity contribution in [3.05, 3.63) is 71.3 Å². The van der Waals surface area contributed by atoms with Crippen molar-refractivity contribution in [1.29, 1.82) is 0 Å². The molecule has 8 nitrogen and oxygen atoms in total. The van der Waals surface area contributed by atoms with E-state index < -0.39 is 35.8 Å². The minimum absolute atomic E-state index is 0.0253. The van der Waals surface area contributed by atoms with Crippen LogP contribution in [0.1, 0.15) is 16.7 Å². The van der Waals surface area contributed by atoms with Gasteiger partial charge in [0.1, 0.15) is 12.1 Å². The zero-order chi connectivity index (χ0) is 21.4. The fraction of sp³-hybridized carbons (Fsp3) is 0.286. The summed E-state index contributed by atoms with van der Waals surface area (Å²) in [6.07, 6.45) is -1.62. The van der Waals surface area contributed by atoms with Crippen LogP contribution >= 0.6 is 0 Å². The first-order chi connectivity index (χ1) is 13.8. The molecule has 2 rings (SSSR count). The van der Waals surface area contributed by atoms with Crippen LogP contribution in [0, 0.1) is 12.8 Å². The average molecular weight is 399 g/mol. The molecule has 3 unspecified atom stereocenters. The van der Waals surface area contributed by atoms with E-state index in [0.29, 0.717) is 5.56 Å². The number of carbonyl (C=O) groups excluding carboxylic acids is 3. The standard InChI is InChI=1S/C21H25N3O5/c1-13-7-9-15(10-8-13)11-16(18(25)21(28)24-29)20(27)23-17(19(22)26)12-14-5-3-2-4-6-14/h2-10,16-18,25,29H,11-12H2,1H3,(H2,22,26)(H,23,27)(H,24,28). The lowest BCUT2D eigenvalue weighted by Crippen LogP contribution is -2.52. The molecule has 0 saturated heterocycles. The van der Waals surface area contributed by atoms with E-state index in [1.807, 2.05) is 25.1 Å². The van der Waals surface area contributed by atoms with Crippen molar-refractivity contribution in [2.24, 2.45) is 11.7 Å². The van der Waals surface area contributed by atoms with Gasteiger partial charge in [0.2, 0.25) is 11.8 Å². The Labute approximate surface area is 168 Å². The molecule has 154 valence electrons. The van der Waals surface area contributed by atoms with Gasteiger partial charge in [-0.2, -0.15) is 0 Å². The van der Waals surface area contributed by atoms with E-state index >= 15 is 0 Å². The quantitative estimate of drug-likeness (QED) is 0.303. The first-order valence-corrected chi connectivity index (χ1v) is 9.13. The fourth-order valence-electron chi connectivity index (χ4n) is 2.93. The van der Waals surface area contributed by atoms with Gasteiger partial charge in [0, 0.05) is 6.42 Å². The van der Waals surface area contributed by atoms with E-state index in [4.69, 9.17) is 10.9 Å². The van der Waals surface area contributed by atoms with Crippen molar-refractivity contribution < 1.29 is 24.7 Å². The van der Waals surface area contributed by atoms with Crippen LogP contribution in [0.25, 0.3) is 0 Å². The molecule has 0 radical (unpaired) electrons. The number of primary amides is 1. The van der Waals surface area contributed by atoms with Crippen LogP contribution in [-0.2, 0) is 27.2 Å². The van der Waals surface area contributed by atoms with E-state index in [9.17, 15) is 19.5 Å². The maximum absolute atomic E-state index is 12.8.